The van der Waals surface area contributed by atoms with Crippen molar-refractivity contribution < 1.29 is 17.6 Å². The van der Waals surface area contributed by atoms with Crippen molar-refractivity contribution in [2.45, 2.75) is 19.4 Å². The molecule has 2 N–H and O–H groups in total. The van der Waals surface area contributed by atoms with Crippen molar-refractivity contribution in [2.75, 3.05) is 28.5 Å². The van der Waals surface area contributed by atoms with E-state index in [1.54, 1.807) is 30.3 Å². The standard InChI is InChI=1S/C19H20FN3O3S/c20-18-16-8-9-21-12-14(16)4-7-17(18)22-19(24)13-2-5-15(6-3-13)23-10-1-11-27(23,25)26/h2-7,21H,1,8-12H2,(H,22,24). The maximum Gasteiger partial charge on any atom is 0.255 e. The predicted molar refractivity (Wildman–Crippen MR) is 102 cm³/mol. The molecule has 2 aliphatic heterocycles. The molecule has 1 saturated heterocycles. The predicted octanol–water partition coefficient (Wildman–Crippen LogP) is 2.26. The summed E-state index contributed by atoms with van der Waals surface area (Å²) in [4.78, 5) is 12.5. The van der Waals surface area contributed by atoms with Gasteiger partial charge in [0.25, 0.3) is 5.91 Å². The third-order valence-corrected chi connectivity index (χ3v) is 6.84. The van der Waals surface area contributed by atoms with Crippen molar-refractivity contribution in [3.8, 4) is 0 Å². The van der Waals surface area contributed by atoms with Gasteiger partial charge >= 0.3 is 0 Å². The highest BCUT2D eigenvalue weighted by molar-refractivity contribution is 7.93. The third-order valence-electron chi connectivity index (χ3n) is 4.97. The van der Waals surface area contributed by atoms with Crippen molar-refractivity contribution in [2.24, 2.45) is 0 Å². The Kier molecular flexibility index (Phi) is 4.61. The maximum atomic E-state index is 14.7. The van der Waals surface area contributed by atoms with Crippen LogP contribution in [-0.4, -0.2) is 33.2 Å². The Bertz CT molecular complexity index is 990. The summed E-state index contributed by atoms with van der Waals surface area (Å²) in [6.07, 6.45) is 1.18. The first kappa shape index (κ1) is 17.9. The molecule has 2 aromatic carbocycles. The molecule has 4 rings (SSSR count). The molecule has 0 unspecified atom stereocenters. The van der Waals surface area contributed by atoms with Crippen LogP contribution >= 0.6 is 0 Å². The molecule has 2 aliphatic rings. The van der Waals surface area contributed by atoms with Gasteiger partial charge < -0.3 is 10.6 Å². The molecule has 1 amide bonds. The number of hydrogen-bond donors (Lipinski definition) is 2. The second-order valence-electron chi connectivity index (χ2n) is 6.73. The Morgan fingerprint density at radius 3 is 2.63 bits per heavy atom. The SMILES string of the molecule is O=C(Nc1ccc2c(c1F)CCNC2)c1ccc(N2CCCS2(=O)=O)cc1. The minimum absolute atomic E-state index is 0.141. The Morgan fingerprint density at radius 1 is 1.15 bits per heavy atom. The van der Waals surface area contributed by atoms with E-state index in [1.165, 1.54) is 4.31 Å². The zero-order valence-corrected chi connectivity index (χ0v) is 15.5. The molecule has 0 aromatic heterocycles. The van der Waals surface area contributed by atoms with Crippen LogP contribution in [0.5, 0.6) is 0 Å². The van der Waals surface area contributed by atoms with E-state index in [4.69, 9.17) is 0 Å². The fourth-order valence-electron chi connectivity index (χ4n) is 3.53. The summed E-state index contributed by atoms with van der Waals surface area (Å²) >= 11 is 0. The van der Waals surface area contributed by atoms with E-state index in [1.807, 2.05) is 6.07 Å². The molecule has 142 valence electrons. The summed E-state index contributed by atoms with van der Waals surface area (Å²) in [5.41, 5.74) is 2.59. The molecule has 0 spiro atoms. The number of halogens is 1. The van der Waals surface area contributed by atoms with Gasteiger partial charge in [0.1, 0.15) is 5.82 Å². The first-order chi connectivity index (χ1) is 13.0. The number of nitrogens with one attached hydrogen (secondary N) is 2. The molecular formula is C19H20FN3O3S. The largest absolute Gasteiger partial charge is 0.319 e. The van der Waals surface area contributed by atoms with Crippen LogP contribution in [0.1, 0.15) is 27.9 Å². The Hall–Kier alpha value is -2.45. The molecular weight excluding hydrogens is 369 g/mol. The normalized spacial score (nSPS) is 18.2. The lowest BCUT2D eigenvalue weighted by atomic mass is 9.99. The summed E-state index contributed by atoms with van der Waals surface area (Å²) in [7, 11) is -3.26. The van der Waals surface area contributed by atoms with Crippen molar-refractivity contribution in [1.82, 2.24) is 5.32 Å². The van der Waals surface area contributed by atoms with E-state index >= 15 is 0 Å². The fourth-order valence-corrected chi connectivity index (χ4v) is 5.10. The Labute approximate surface area is 157 Å². The molecule has 27 heavy (non-hydrogen) atoms. The van der Waals surface area contributed by atoms with Crippen molar-refractivity contribution in [3.63, 3.8) is 0 Å². The molecule has 2 aromatic rings. The van der Waals surface area contributed by atoms with Crippen LogP contribution in [0, 0.1) is 5.82 Å². The van der Waals surface area contributed by atoms with Gasteiger partial charge in [-0.2, -0.15) is 0 Å². The number of carbonyl (C=O) groups is 1. The molecule has 0 aliphatic carbocycles. The number of rotatable bonds is 3. The van der Waals surface area contributed by atoms with E-state index in [0.29, 0.717) is 49.3 Å². The van der Waals surface area contributed by atoms with Gasteiger partial charge in [0, 0.05) is 18.7 Å². The molecule has 8 heteroatoms. The van der Waals surface area contributed by atoms with Crippen molar-refractivity contribution in [1.29, 1.82) is 0 Å². The van der Waals surface area contributed by atoms with E-state index in [0.717, 1.165) is 5.56 Å². The summed E-state index contributed by atoms with van der Waals surface area (Å²) in [5, 5.41) is 5.80. The van der Waals surface area contributed by atoms with Gasteiger partial charge in [-0.05, 0) is 60.8 Å². The molecule has 0 saturated carbocycles. The zero-order valence-electron chi connectivity index (χ0n) is 14.7. The first-order valence-electron chi connectivity index (χ1n) is 8.88. The van der Waals surface area contributed by atoms with Crippen LogP contribution in [0.25, 0.3) is 0 Å². The molecule has 1 fully saturated rings. The summed E-state index contributed by atoms with van der Waals surface area (Å²) < 4.78 is 40.0. The highest BCUT2D eigenvalue weighted by Crippen LogP contribution is 2.26. The third kappa shape index (κ3) is 3.42. The van der Waals surface area contributed by atoms with Crippen LogP contribution < -0.4 is 14.9 Å². The molecule has 0 bridgehead atoms. The number of nitrogens with zero attached hydrogens (tertiary/aromatic N) is 1. The number of fused-ring (bicyclic) bond motifs is 1. The maximum absolute atomic E-state index is 14.7. The van der Waals surface area contributed by atoms with Crippen LogP contribution in [0.15, 0.2) is 36.4 Å². The van der Waals surface area contributed by atoms with E-state index in [9.17, 15) is 17.6 Å². The monoisotopic (exact) mass is 389 g/mol. The number of amides is 1. The topological polar surface area (TPSA) is 78.5 Å². The minimum atomic E-state index is -3.26. The van der Waals surface area contributed by atoms with E-state index < -0.39 is 15.9 Å². The fraction of sp³-hybridized carbons (Fsp3) is 0.316. The highest BCUT2D eigenvalue weighted by Gasteiger charge is 2.28. The van der Waals surface area contributed by atoms with Crippen LogP contribution in [-0.2, 0) is 23.0 Å². The highest BCUT2D eigenvalue weighted by atomic mass is 32.2. The van der Waals surface area contributed by atoms with Gasteiger partial charge in [0.2, 0.25) is 10.0 Å². The number of hydrogen-bond acceptors (Lipinski definition) is 4. The average Bonchev–Trinajstić information content (AvgIpc) is 3.03. The number of sulfonamides is 1. The Morgan fingerprint density at radius 2 is 1.93 bits per heavy atom. The van der Waals surface area contributed by atoms with Gasteiger partial charge in [-0.1, -0.05) is 6.07 Å². The van der Waals surface area contributed by atoms with Gasteiger partial charge in [0.15, 0.2) is 0 Å². The Balaban J connectivity index is 1.52. The zero-order chi connectivity index (χ0) is 19.0. The summed E-state index contributed by atoms with van der Waals surface area (Å²) in [6.45, 7) is 1.78. The quantitative estimate of drug-likeness (QED) is 0.844. The summed E-state index contributed by atoms with van der Waals surface area (Å²) in [5.74, 6) is -0.678. The van der Waals surface area contributed by atoms with E-state index in [2.05, 4.69) is 10.6 Å². The second-order valence-corrected chi connectivity index (χ2v) is 8.75. The van der Waals surface area contributed by atoms with Crippen LogP contribution in [0.4, 0.5) is 15.8 Å². The number of carbonyl (C=O) groups excluding carboxylic acids is 1. The second kappa shape index (κ2) is 6.94. The lowest BCUT2D eigenvalue weighted by molar-refractivity contribution is 0.102. The summed E-state index contributed by atoms with van der Waals surface area (Å²) in [6, 6.07) is 9.71. The smallest absolute Gasteiger partial charge is 0.255 e. The van der Waals surface area contributed by atoms with Crippen LogP contribution in [0.2, 0.25) is 0 Å². The molecule has 0 radical (unpaired) electrons. The van der Waals surface area contributed by atoms with Gasteiger partial charge in [0.05, 0.1) is 17.1 Å². The van der Waals surface area contributed by atoms with Gasteiger partial charge in [-0.15, -0.1) is 0 Å². The molecule has 0 atom stereocenters. The first-order valence-corrected chi connectivity index (χ1v) is 10.5. The van der Waals surface area contributed by atoms with Crippen LogP contribution in [0.3, 0.4) is 0 Å². The van der Waals surface area contributed by atoms with Crippen molar-refractivity contribution >= 4 is 27.3 Å². The average molecular weight is 389 g/mol. The van der Waals surface area contributed by atoms with Crippen molar-refractivity contribution in [3.05, 3.63) is 58.9 Å². The number of benzene rings is 2. The lowest BCUT2D eigenvalue weighted by Crippen LogP contribution is -2.25. The molecule has 6 nitrogen and oxygen atoms in total. The van der Waals surface area contributed by atoms with Gasteiger partial charge in [-0.25, -0.2) is 12.8 Å². The lowest BCUT2D eigenvalue weighted by Gasteiger charge is -2.19. The molecule has 2 heterocycles. The van der Waals surface area contributed by atoms with Gasteiger partial charge in [-0.3, -0.25) is 9.10 Å². The number of anilines is 2. The minimum Gasteiger partial charge on any atom is -0.319 e. The van der Waals surface area contributed by atoms with E-state index in [-0.39, 0.29) is 17.3 Å².